The molecule has 10 heteroatoms. The molecule has 3 N–H and O–H groups in total. The largest absolute Gasteiger partial charge is 0.497 e. The molecule has 3 atom stereocenters. The molecule has 37 heavy (non-hydrogen) atoms. The third-order valence-corrected chi connectivity index (χ3v) is 7.86. The van der Waals surface area contributed by atoms with Gasteiger partial charge >= 0.3 is 5.97 Å². The molecule has 2 amide bonds. The number of anilines is 2. The Kier molecular flexibility index (Phi) is 8.62. The fourth-order valence-corrected chi connectivity index (χ4v) is 5.53. The summed E-state index contributed by atoms with van der Waals surface area (Å²) in [5.74, 6) is -2.01. The van der Waals surface area contributed by atoms with Crippen molar-refractivity contribution in [2.75, 3.05) is 17.7 Å². The van der Waals surface area contributed by atoms with Gasteiger partial charge in [-0.05, 0) is 56.2 Å². The third-order valence-electron chi connectivity index (χ3n) is 5.99. The summed E-state index contributed by atoms with van der Waals surface area (Å²) in [6.07, 6.45) is 4.41. The van der Waals surface area contributed by atoms with E-state index >= 15 is 0 Å². The van der Waals surface area contributed by atoms with Gasteiger partial charge in [-0.15, -0.1) is 23.1 Å². The summed E-state index contributed by atoms with van der Waals surface area (Å²) in [5, 5.41) is 17.1. The predicted molar refractivity (Wildman–Crippen MR) is 146 cm³/mol. The molecule has 8 nitrogen and oxygen atoms in total. The molecule has 0 spiro atoms. The van der Waals surface area contributed by atoms with Crippen LogP contribution in [0.5, 0.6) is 5.75 Å². The average molecular weight is 538 g/mol. The number of amides is 2. The Morgan fingerprint density at radius 1 is 1.08 bits per heavy atom. The van der Waals surface area contributed by atoms with Crippen molar-refractivity contribution in [3.05, 3.63) is 66.1 Å². The maximum atomic E-state index is 12.7. The predicted octanol–water partition coefficient (Wildman–Crippen LogP) is 5.54. The number of carbonyl (C=O) groups excluding carboxylic acids is 2. The second-order valence-electron chi connectivity index (χ2n) is 8.53. The van der Waals surface area contributed by atoms with E-state index in [1.807, 2.05) is 54.8 Å². The highest BCUT2D eigenvalue weighted by molar-refractivity contribution is 8.00. The van der Waals surface area contributed by atoms with Crippen molar-refractivity contribution in [1.82, 2.24) is 4.98 Å². The van der Waals surface area contributed by atoms with E-state index < -0.39 is 17.8 Å². The Bertz CT molecular complexity index is 1310. The molecule has 0 fully saturated rings. The number of carbonyl (C=O) groups is 3. The lowest BCUT2D eigenvalue weighted by Crippen LogP contribution is -2.34. The van der Waals surface area contributed by atoms with E-state index in [0.717, 1.165) is 21.9 Å². The number of ether oxygens (including phenoxy) is 1. The van der Waals surface area contributed by atoms with E-state index in [2.05, 4.69) is 15.6 Å². The Morgan fingerprint density at radius 2 is 1.81 bits per heavy atom. The highest BCUT2D eigenvalue weighted by Gasteiger charge is 2.34. The third kappa shape index (κ3) is 6.78. The first-order valence-electron chi connectivity index (χ1n) is 11.7. The topological polar surface area (TPSA) is 118 Å². The van der Waals surface area contributed by atoms with Gasteiger partial charge in [0.15, 0.2) is 5.13 Å². The van der Waals surface area contributed by atoms with Gasteiger partial charge in [0.25, 0.3) is 0 Å². The molecule has 1 heterocycles. The van der Waals surface area contributed by atoms with Crippen LogP contribution < -0.4 is 15.4 Å². The number of hydrogen-bond donors (Lipinski definition) is 3. The van der Waals surface area contributed by atoms with E-state index in [4.69, 9.17) is 4.74 Å². The standard InChI is InChI=1S/C27H27N3O5S2/c1-16(24(31)30-27-29-23(15-36-27)17-6-5-7-19(14-17)35-2)37-20-12-10-18(11-13-20)28-25(32)21-8-3-4-9-22(21)26(33)34/h3-7,10-16,21-22H,8-9H2,1-2H3,(H,28,32)(H,33,34)(H,29,30,31). The molecule has 1 aliphatic rings. The highest BCUT2D eigenvalue weighted by atomic mass is 32.2. The van der Waals surface area contributed by atoms with Crippen molar-refractivity contribution in [2.45, 2.75) is 29.9 Å². The zero-order chi connectivity index (χ0) is 26.4. The van der Waals surface area contributed by atoms with Crippen molar-refractivity contribution in [2.24, 2.45) is 11.8 Å². The second-order valence-corrected chi connectivity index (χ2v) is 10.8. The Hall–Kier alpha value is -3.63. The molecule has 2 aromatic carbocycles. The fraction of sp³-hybridized carbons (Fsp3) is 0.259. The van der Waals surface area contributed by atoms with Crippen molar-refractivity contribution in [1.29, 1.82) is 0 Å². The minimum atomic E-state index is -0.960. The SMILES string of the molecule is COc1cccc(-c2csc(NC(=O)C(C)Sc3ccc(NC(=O)C4CC=CCC4C(=O)O)cc3)n2)c1. The summed E-state index contributed by atoms with van der Waals surface area (Å²) in [5.41, 5.74) is 2.25. The maximum Gasteiger partial charge on any atom is 0.307 e. The molecule has 192 valence electrons. The fourth-order valence-electron chi connectivity index (χ4n) is 3.94. The van der Waals surface area contributed by atoms with Gasteiger partial charge in [-0.2, -0.15) is 0 Å². The summed E-state index contributed by atoms with van der Waals surface area (Å²) >= 11 is 2.74. The van der Waals surface area contributed by atoms with Gasteiger partial charge in [-0.3, -0.25) is 14.4 Å². The molecular formula is C27H27N3O5S2. The first-order valence-corrected chi connectivity index (χ1v) is 13.5. The average Bonchev–Trinajstić information content (AvgIpc) is 3.38. The van der Waals surface area contributed by atoms with Gasteiger partial charge in [0.1, 0.15) is 5.75 Å². The number of thioether (sulfide) groups is 1. The monoisotopic (exact) mass is 537 g/mol. The number of benzene rings is 2. The summed E-state index contributed by atoms with van der Waals surface area (Å²) in [6, 6.07) is 14.7. The number of nitrogens with one attached hydrogen (secondary N) is 2. The van der Waals surface area contributed by atoms with Crippen LogP contribution in [0.1, 0.15) is 19.8 Å². The number of hydrogen-bond acceptors (Lipinski definition) is 7. The molecule has 1 aromatic heterocycles. The van der Waals surface area contributed by atoms with Crippen LogP contribution in [0.4, 0.5) is 10.8 Å². The Morgan fingerprint density at radius 3 is 2.51 bits per heavy atom. The number of rotatable bonds is 9. The van der Waals surface area contributed by atoms with Crippen molar-refractivity contribution in [3.63, 3.8) is 0 Å². The van der Waals surface area contributed by atoms with Crippen LogP contribution in [-0.2, 0) is 14.4 Å². The molecule has 3 aromatic rings. The number of aromatic nitrogens is 1. The summed E-state index contributed by atoms with van der Waals surface area (Å²) < 4.78 is 5.26. The van der Waals surface area contributed by atoms with Gasteiger partial charge in [0, 0.05) is 21.5 Å². The van der Waals surface area contributed by atoms with Gasteiger partial charge < -0.3 is 20.5 Å². The number of carboxylic acid groups (broad SMARTS) is 1. The first-order chi connectivity index (χ1) is 17.8. The highest BCUT2D eigenvalue weighted by Crippen LogP contribution is 2.30. The lowest BCUT2D eigenvalue weighted by Gasteiger charge is -2.24. The molecule has 0 radical (unpaired) electrons. The maximum absolute atomic E-state index is 12.7. The van der Waals surface area contributed by atoms with Crippen LogP contribution >= 0.6 is 23.1 Å². The molecule has 4 rings (SSSR count). The minimum Gasteiger partial charge on any atom is -0.497 e. The number of methoxy groups -OCH3 is 1. The van der Waals surface area contributed by atoms with E-state index in [-0.39, 0.29) is 17.1 Å². The normalized spacial score (nSPS) is 17.6. The summed E-state index contributed by atoms with van der Waals surface area (Å²) in [4.78, 5) is 42.2. The lowest BCUT2D eigenvalue weighted by atomic mass is 9.82. The van der Waals surface area contributed by atoms with Crippen molar-refractivity contribution < 1.29 is 24.2 Å². The number of carboxylic acids is 1. The van der Waals surface area contributed by atoms with Crippen LogP contribution in [0.2, 0.25) is 0 Å². The first kappa shape index (κ1) is 26.4. The number of thiazole rings is 1. The van der Waals surface area contributed by atoms with Gasteiger partial charge in [0.2, 0.25) is 11.8 Å². The molecule has 0 bridgehead atoms. The summed E-state index contributed by atoms with van der Waals surface area (Å²) in [7, 11) is 1.61. The number of aliphatic carboxylic acids is 1. The van der Waals surface area contributed by atoms with E-state index in [9.17, 15) is 19.5 Å². The van der Waals surface area contributed by atoms with Crippen LogP contribution in [0.3, 0.4) is 0 Å². The van der Waals surface area contributed by atoms with Gasteiger partial charge in [-0.1, -0.05) is 24.3 Å². The molecule has 0 aliphatic heterocycles. The van der Waals surface area contributed by atoms with Crippen molar-refractivity contribution in [3.8, 4) is 17.0 Å². The van der Waals surface area contributed by atoms with E-state index in [1.54, 1.807) is 25.3 Å². The second kappa shape index (κ2) is 12.1. The van der Waals surface area contributed by atoms with Crippen LogP contribution in [0.25, 0.3) is 11.3 Å². The van der Waals surface area contributed by atoms with Crippen LogP contribution in [-0.4, -0.2) is 40.2 Å². The zero-order valence-corrected chi connectivity index (χ0v) is 22.0. The van der Waals surface area contributed by atoms with Crippen LogP contribution in [0.15, 0.2) is 71.0 Å². The Balaban J connectivity index is 1.31. The zero-order valence-electron chi connectivity index (χ0n) is 20.3. The summed E-state index contributed by atoms with van der Waals surface area (Å²) in [6.45, 7) is 1.81. The molecular weight excluding hydrogens is 510 g/mol. The van der Waals surface area contributed by atoms with Gasteiger partial charge in [0.05, 0.1) is 29.9 Å². The Labute approximate surface area is 223 Å². The van der Waals surface area contributed by atoms with Gasteiger partial charge in [-0.25, -0.2) is 4.98 Å². The number of allylic oxidation sites excluding steroid dienone is 2. The lowest BCUT2D eigenvalue weighted by molar-refractivity contribution is -0.146. The van der Waals surface area contributed by atoms with E-state index in [1.165, 1.54) is 23.1 Å². The molecule has 0 saturated carbocycles. The number of nitrogens with zero attached hydrogens (tertiary/aromatic N) is 1. The van der Waals surface area contributed by atoms with Crippen molar-refractivity contribution >= 4 is 51.7 Å². The quantitative estimate of drug-likeness (QED) is 0.242. The molecule has 0 saturated heterocycles. The van der Waals surface area contributed by atoms with E-state index in [0.29, 0.717) is 23.7 Å². The molecule has 1 aliphatic carbocycles. The minimum absolute atomic E-state index is 0.168. The molecule has 3 unspecified atom stereocenters. The van der Waals surface area contributed by atoms with Crippen LogP contribution in [0, 0.1) is 11.8 Å². The smallest absolute Gasteiger partial charge is 0.307 e.